The van der Waals surface area contributed by atoms with Crippen molar-refractivity contribution >= 4 is 5.91 Å². The van der Waals surface area contributed by atoms with E-state index in [1.54, 1.807) is 31.2 Å². The van der Waals surface area contributed by atoms with Gasteiger partial charge in [0.1, 0.15) is 5.82 Å². The van der Waals surface area contributed by atoms with Crippen LogP contribution in [0.2, 0.25) is 0 Å². The molecule has 2 rings (SSSR count). The van der Waals surface area contributed by atoms with Gasteiger partial charge in [0.15, 0.2) is 18.1 Å². The minimum atomic E-state index is -0.316. The number of aryl methyl sites for hydroxylation is 1. The van der Waals surface area contributed by atoms with E-state index in [0.717, 1.165) is 5.56 Å². The molecule has 24 heavy (non-hydrogen) atoms. The first-order valence-corrected chi connectivity index (χ1v) is 7.26. The molecule has 6 heteroatoms. The Balaban J connectivity index is 1.89. The molecule has 1 N–H and O–H groups in total. The topological polar surface area (TPSA) is 71.3 Å². The average Bonchev–Trinajstić information content (AvgIpc) is 2.60. The molecule has 0 saturated carbocycles. The van der Waals surface area contributed by atoms with Crippen molar-refractivity contribution in [2.75, 3.05) is 13.7 Å². The van der Waals surface area contributed by atoms with Gasteiger partial charge in [0, 0.05) is 12.6 Å². The van der Waals surface area contributed by atoms with E-state index in [9.17, 15) is 9.18 Å². The molecule has 5 nitrogen and oxygen atoms in total. The first kappa shape index (κ1) is 17.3. The summed E-state index contributed by atoms with van der Waals surface area (Å²) in [5.74, 6) is 0.171. The van der Waals surface area contributed by atoms with Crippen LogP contribution in [0.1, 0.15) is 16.7 Å². The smallest absolute Gasteiger partial charge is 0.258 e. The van der Waals surface area contributed by atoms with Crippen molar-refractivity contribution in [3.8, 4) is 17.6 Å². The Hall–Kier alpha value is -3.07. The molecule has 0 atom stereocenters. The van der Waals surface area contributed by atoms with Crippen LogP contribution in [0.5, 0.6) is 11.5 Å². The second kappa shape index (κ2) is 7.97. The van der Waals surface area contributed by atoms with E-state index in [0.29, 0.717) is 22.6 Å². The minimum absolute atomic E-state index is 0.192. The zero-order valence-electron chi connectivity index (χ0n) is 13.4. The van der Waals surface area contributed by atoms with Gasteiger partial charge in [-0.05, 0) is 36.2 Å². The number of carbonyl (C=O) groups is 1. The molecule has 0 saturated heterocycles. The quantitative estimate of drug-likeness (QED) is 0.885. The lowest BCUT2D eigenvalue weighted by molar-refractivity contribution is -0.123. The maximum absolute atomic E-state index is 13.2. The summed E-state index contributed by atoms with van der Waals surface area (Å²) < 4.78 is 23.7. The lowest BCUT2D eigenvalue weighted by Gasteiger charge is -2.11. The fourth-order valence-corrected chi connectivity index (χ4v) is 2.07. The summed E-state index contributed by atoms with van der Waals surface area (Å²) in [7, 11) is 1.46. The number of methoxy groups -OCH3 is 1. The van der Waals surface area contributed by atoms with Crippen LogP contribution >= 0.6 is 0 Å². The fourth-order valence-electron chi connectivity index (χ4n) is 2.07. The van der Waals surface area contributed by atoms with E-state index in [-0.39, 0.29) is 24.9 Å². The third-order valence-electron chi connectivity index (χ3n) is 3.36. The van der Waals surface area contributed by atoms with Crippen molar-refractivity contribution in [2.45, 2.75) is 13.5 Å². The highest BCUT2D eigenvalue weighted by atomic mass is 19.1. The van der Waals surface area contributed by atoms with Gasteiger partial charge in [-0.3, -0.25) is 4.79 Å². The Labute approximate surface area is 139 Å². The molecule has 0 aliphatic heterocycles. The van der Waals surface area contributed by atoms with Crippen LogP contribution < -0.4 is 14.8 Å². The van der Waals surface area contributed by atoms with E-state index in [1.807, 2.05) is 6.07 Å². The van der Waals surface area contributed by atoms with E-state index in [4.69, 9.17) is 14.7 Å². The summed E-state index contributed by atoms with van der Waals surface area (Å²) in [6, 6.07) is 11.4. The molecule has 2 aromatic carbocycles. The molecule has 0 fully saturated rings. The summed E-state index contributed by atoms with van der Waals surface area (Å²) in [5.41, 5.74) is 1.77. The summed E-state index contributed by atoms with van der Waals surface area (Å²) in [4.78, 5) is 11.9. The van der Waals surface area contributed by atoms with Gasteiger partial charge in [0.25, 0.3) is 5.91 Å². The number of carbonyl (C=O) groups excluding carboxylic acids is 1. The number of halogens is 1. The number of ether oxygens (including phenoxy) is 2. The second-order valence-electron chi connectivity index (χ2n) is 5.13. The molecule has 0 unspecified atom stereocenters. The van der Waals surface area contributed by atoms with Gasteiger partial charge in [-0.15, -0.1) is 0 Å². The SMILES string of the molecule is COc1cc(C#N)ccc1OCC(=O)NCc1ccc(F)c(C)c1. The molecule has 0 spiro atoms. The van der Waals surface area contributed by atoms with E-state index < -0.39 is 0 Å². The predicted molar refractivity (Wildman–Crippen MR) is 86.2 cm³/mol. The van der Waals surface area contributed by atoms with Gasteiger partial charge >= 0.3 is 0 Å². The number of nitrogens with zero attached hydrogens (tertiary/aromatic N) is 1. The first-order valence-electron chi connectivity index (χ1n) is 7.26. The summed E-state index contributed by atoms with van der Waals surface area (Å²) >= 11 is 0. The summed E-state index contributed by atoms with van der Waals surface area (Å²) in [6.07, 6.45) is 0. The predicted octanol–water partition coefficient (Wildman–Crippen LogP) is 2.71. The Morgan fingerprint density at radius 3 is 2.71 bits per heavy atom. The lowest BCUT2D eigenvalue weighted by atomic mass is 10.1. The third-order valence-corrected chi connectivity index (χ3v) is 3.36. The maximum atomic E-state index is 13.2. The third kappa shape index (κ3) is 4.46. The number of nitriles is 1. The Kier molecular flexibility index (Phi) is 5.74. The Morgan fingerprint density at radius 1 is 1.25 bits per heavy atom. The Bertz CT molecular complexity index is 784. The van der Waals surface area contributed by atoms with Crippen molar-refractivity contribution in [2.24, 2.45) is 0 Å². The molecule has 0 bridgehead atoms. The largest absolute Gasteiger partial charge is 0.493 e. The fraction of sp³-hybridized carbons (Fsp3) is 0.222. The van der Waals surface area contributed by atoms with Crippen molar-refractivity contribution in [3.63, 3.8) is 0 Å². The zero-order valence-corrected chi connectivity index (χ0v) is 13.4. The van der Waals surface area contributed by atoms with Crippen molar-refractivity contribution in [3.05, 3.63) is 58.9 Å². The maximum Gasteiger partial charge on any atom is 0.258 e. The highest BCUT2D eigenvalue weighted by Crippen LogP contribution is 2.27. The van der Waals surface area contributed by atoms with Crippen LogP contribution in [-0.2, 0) is 11.3 Å². The molecule has 124 valence electrons. The molecule has 0 aromatic heterocycles. The molecule has 1 amide bonds. The van der Waals surface area contributed by atoms with Crippen LogP contribution in [0.25, 0.3) is 0 Å². The molecule has 0 heterocycles. The first-order chi connectivity index (χ1) is 11.5. The number of benzene rings is 2. The van der Waals surface area contributed by atoms with E-state index in [1.165, 1.54) is 19.2 Å². The van der Waals surface area contributed by atoms with E-state index >= 15 is 0 Å². The van der Waals surface area contributed by atoms with Crippen molar-refractivity contribution < 1.29 is 18.7 Å². The molecule has 2 aromatic rings. The van der Waals surface area contributed by atoms with Crippen LogP contribution in [0.3, 0.4) is 0 Å². The number of hydrogen-bond acceptors (Lipinski definition) is 4. The van der Waals surface area contributed by atoms with Crippen LogP contribution in [0, 0.1) is 24.1 Å². The van der Waals surface area contributed by atoms with E-state index in [2.05, 4.69) is 5.32 Å². The van der Waals surface area contributed by atoms with Gasteiger partial charge in [-0.1, -0.05) is 12.1 Å². The zero-order chi connectivity index (χ0) is 17.5. The number of amides is 1. The summed E-state index contributed by atoms with van der Waals surface area (Å²) in [5, 5.41) is 11.5. The van der Waals surface area contributed by atoms with Gasteiger partial charge < -0.3 is 14.8 Å². The summed E-state index contributed by atoms with van der Waals surface area (Å²) in [6.45, 7) is 1.76. The van der Waals surface area contributed by atoms with Gasteiger partial charge in [0.2, 0.25) is 0 Å². The second-order valence-corrected chi connectivity index (χ2v) is 5.13. The van der Waals surface area contributed by atoms with Crippen molar-refractivity contribution in [1.29, 1.82) is 5.26 Å². The minimum Gasteiger partial charge on any atom is -0.493 e. The van der Waals surface area contributed by atoms with Crippen molar-refractivity contribution in [1.82, 2.24) is 5.32 Å². The van der Waals surface area contributed by atoms with Crippen LogP contribution in [0.4, 0.5) is 4.39 Å². The number of rotatable bonds is 6. The molecular weight excluding hydrogens is 311 g/mol. The average molecular weight is 328 g/mol. The van der Waals surface area contributed by atoms with Crippen LogP contribution in [0.15, 0.2) is 36.4 Å². The molecular formula is C18H17FN2O3. The standard InChI is InChI=1S/C18H17FN2O3/c1-12-7-14(3-5-15(12)19)10-21-18(22)11-24-16-6-4-13(9-20)8-17(16)23-2/h3-8H,10-11H2,1-2H3,(H,21,22). The van der Waals surface area contributed by atoms with Crippen LogP contribution in [-0.4, -0.2) is 19.6 Å². The molecule has 0 aliphatic carbocycles. The lowest BCUT2D eigenvalue weighted by Crippen LogP contribution is -2.28. The Morgan fingerprint density at radius 2 is 2.04 bits per heavy atom. The molecule has 0 aliphatic rings. The monoisotopic (exact) mass is 328 g/mol. The van der Waals surface area contributed by atoms with Gasteiger partial charge in [-0.25, -0.2) is 4.39 Å². The number of nitrogens with one attached hydrogen (secondary N) is 1. The van der Waals surface area contributed by atoms with Gasteiger partial charge in [-0.2, -0.15) is 5.26 Å². The highest BCUT2D eigenvalue weighted by molar-refractivity contribution is 5.77. The van der Waals surface area contributed by atoms with Gasteiger partial charge in [0.05, 0.1) is 18.7 Å². The molecule has 0 radical (unpaired) electrons. The normalized spacial score (nSPS) is 9.92. The highest BCUT2D eigenvalue weighted by Gasteiger charge is 2.09. The number of hydrogen-bond donors (Lipinski definition) is 1.